The second kappa shape index (κ2) is 4.53. The minimum absolute atomic E-state index is 0.841. The van der Waals surface area contributed by atoms with Crippen molar-refractivity contribution < 1.29 is 4.79 Å². The van der Waals surface area contributed by atoms with E-state index in [1.807, 2.05) is 20.2 Å². The Labute approximate surface area is 83.2 Å². The zero-order chi connectivity index (χ0) is 9.84. The summed E-state index contributed by atoms with van der Waals surface area (Å²) in [4.78, 5) is 14.9. The number of carbonyl (C=O) groups excluding carboxylic acids is 1. The second-order valence-corrected chi connectivity index (χ2v) is 4.47. The van der Waals surface area contributed by atoms with Crippen LogP contribution in [-0.4, -0.2) is 25.3 Å². The Kier molecular flexibility index (Phi) is 3.63. The van der Waals surface area contributed by atoms with Crippen molar-refractivity contribution >= 4 is 17.6 Å². The maximum atomic E-state index is 10.6. The second-order valence-electron chi connectivity index (χ2n) is 3.31. The third kappa shape index (κ3) is 2.64. The number of aryl methyl sites for hydroxylation is 1. The largest absolute Gasteiger partial charge is 0.305 e. The van der Waals surface area contributed by atoms with Crippen LogP contribution in [0.5, 0.6) is 0 Å². The molecule has 72 valence electrons. The molecule has 0 N–H and O–H groups in total. The summed E-state index contributed by atoms with van der Waals surface area (Å²) in [6.45, 7) is 3.05. The molecule has 0 aliphatic rings. The molecule has 0 unspecified atom stereocenters. The van der Waals surface area contributed by atoms with Crippen molar-refractivity contribution in [1.29, 1.82) is 0 Å². The first kappa shape index (κ1) is 10.4. The fourth-order valence-corrected chi connectivity index (χ4v) is 2.25. The van der Waals surface area contributed by atoms with E-state index in [9.17, 15) is 4.79 Å². The molecule has 1 aromatic heterocycles. The monoisotopic (exact) mass is 197 g/mol. The summed E-state index contributed by atoms with van der Waals surface area (Å²) in [5.41, 5.74) is 1.29. The van der Waals surface area contributed by atoms with E-state index in [1.54, 1.807) is 11.3 Å². The summed E-state index contributed by atoms with van der Waals surface area (Å²) in [6.07, 6.45) is 1.95. The molecule has 13 heavy (non-hydrogen) atoms. The number of nitrogens with zero attached hydrogens (tertiary/aromatic N) is 1. The van der Waals surface area contributed by atoms with Crippen LogP contribution in [0.25, 0.3) is 0 Å². The van der Waals surface area contributed by atoms with Crippen molar-refractivity contribution in [3.05, 3.63) is 21.4 Å². The van der Waals surface area contributed by atoms with Gasteiger partial charge in [0.15, 0.2) is 6.29 Å². The molecule has 0 radical (unpaired) electrons. The molecular weight excluding hydrogens is 182 g/mol. The van der Waals surface area contributed by atoms with Crippen molar-refractivity contribution in [3.8, 4) is 0 Å². The molecule has 0 atom stereocenters. The lowest BCUT2D eigenvalue weighted by Crippen LogP contribution is -2.10. The van der Waals surface area contributed by atoms with Gasteiger partial charge in [0, 0.05) is 11.4 Å². The Morgan fingerprint density at radius 3 is 2.69 bits per heavy atom. The van der Waals surface area contributed by atoms with Crippen molar-refractivity contribution in [2.75, 3.05) is 14.1 Å². The van der Waals surface area contributed by atoms with Crippen LogP contribution in [0.4, 0.5) is 0 Å². The van der Waals surface area contributed by atoms with Gasteiger partial charge in [-0.05, 0) is 32.1 Å². The maximum Gasteiger partial charge on any atom is 0.160 e. The maximum absolute atomic E-state index is 10.6. The van der Waals surface area contributed by atoms with Crippen molar-refractivity contribution in [2.45, 2.75) is 19.9 Å². The van der Waals surface area contributed by atoms with E-state index in [0.29, 0.717) is 0 Å². The van der Waals surface area contributed by atoms with Gasteiger partial charge in [0.1, 0.15) is 0 Å². The van der Waals surface area contributed by atoms with Gasteiger partial charge in [-0.3, -0.25) is 4.79 Å². The van der Waals surface area contributed by atoms with Crippen molar-refractivity contribution in [3.63, 3.8) is 0 Å². The SMILES string of the molecule is CCc1sc(C=O)cc1CN(C)C. The fourth-order valence-electron chi connectivity index (χ4n) is 1.32. The number of rotatable bonds is 4. The van der Waals surface area contributed by atoms with Gasteiger partial charge >= 0.3 is 0 Å². The molecule has 0 aliphatic heterocycles. The summed E-state index contributed by atoms with van der Waals surface area (Å²) in [6, 6.07) is 2.00. The summed E-state index contributed by atoms with van der Waals surface area (Å²) in [7, 11) is 4.08. The highest BCUT2D eigenvalue weighted by Crippen LogP contribution is 2.22. The highest BCUT2D eigenvalue weighted by atomic mass is 32.1. The number of aldehydes is 1. The molecule has 0 aliphatic carbocycles. The number of thiophene rings is 1. The van der Waals surface area contributed by atoms with Crippen LogP contribution in [0.3, 0.4) is 0 Å². The molecule has 0 fully saturated rings. The minimum atomic E-state index is 0.841. The Morgan fingerprint density at radius 1 is 1.54 bits per heavy atom. The Balaban J connectivity index is 2.90. The van der Waals surface area contributed by atoms with E-state index in [4.69, 9.17) is 0 Å². The Bertz CT molecular complexity index is 291. The molecule has 0 spiro atoms. The lowest BCUT2D eigenvalue weighted by atomic mass is 10.2. The van der Waals surface area contributed by atoms with E-state index in [-0.39, 0.29) is 0 Å². The predicted octanol–water partition coefficient (Wildman–Crippen LogP) is 2.18. The van der Waals surface area contributed by atoms with E-state index in [1.165, 1.54) is 10.4 Å². The first-order valence-electron chi connectivity index (χ1n) is 4.38. The first-order valence-corrected chi connectivity index (χ1v) is 5.20. The molecule has 3 heteroatoms. The van der Waals surface area contributed by atoms with E-state index in [0.717, 1.165) is 24.1 Å². The van der Waals surface area contributed by atoms with Gasteiger partial charge in [0.25, 0.3) is 0 Å². The summed E-state index contributed by atoms with van der Waals surface area (Å²) >= 11 is 1.61. The molecule has 1 rings (SSSR count). The zero-order valence-corrected chi connectivity index (χ0v) is 9.15. The molecule has 2 nitrogen and oxygen atoms in total. The van der Waals surface area contributed by atoms with Crippen LogP contribution >= 0.6 is 11.3 Å². The molecule has 0 saturated heterocycles. The fraction of sp³-hybridized carbons (Fsp3) is 0.500. The highest BCUT2D eigenvalue weighted by molar-refractivity contribution is 7.13. The van der Waals surface area contributed by atoms with Gasteiger partial charge < -0.3 is 4.90 Å². The van der Waals surface area contributed by atoms with Crippen molar-refractivity contribution in [1.82, 2.24) is 4.90 Å². The molecule has 0 amide bonds. The van der Waals surface area contributed by atoms with Gasteiger partial charge in [0.05, 0.1) is 4.88 Å². The summed E-state index contributed by atoms with van der Waals surface area (Å²) < 4.78 is 0. The lowest BCUT2D eigenvalue weighted by molar-refractivity contribution is 0.112. The molecule has 1 heterocycles. The Morgan fingerprint density at radius 2 is 2.23 bits per heavy atom. The Hall–Kier alpha value is -0.670. The van der Waals surface area contributed by atoms with Gasteiger partial charge in [-0.2, -0.15) is 0 Å². The van der Waals surface area contributed by atoms with Crippen molar-refractivity contribution in [2.24, 2.45) is 0 Å². The third-order valence-electron chi connectivity index (χ3n) is 1.84. The average Bonchev–Trinajstić information content (AvgIpc) is 2.46. The summed E-state index contributed by atoms with van der Waals surface area (Å²) in [5, 5.41) is 0. The smallest absolute Gasteiger partial charge is 0.160 e. The van der Waals surface area contributed by atoms with Gasteiger partial charge in [0.2, 0.25) is 0 Å². The van der Waals surface area contributed by atoms with Gasteiger partial charge in [-0.1, -0.05) is 6.92 Å². The minimum Gasteiger partial charge on any atom is -0.305 e. The van der Waals surface area contributed by atoms with E-state index >= 15 is 0 Å². The predicted molar refractivity (Wildman–Crippen MR) is 56.5 cm³/mol. The number of hydrogen-bond donors (Lipinski definition) is 0. The molecule has 1 aromatic rings. The quantitative estimate of drug-likeness (QED) is 0.690. The van der Waals surface area contributed by atoms with E-state index in [2.05, 4.69) is 11.8 Å². The summed E-state index contributed by atoms with van der Waals surface area (Å²) in [5.74, 6) is 0. The van der Waals surface area contributed by atoms with Crippen LogP contribution in [0.2, 0.25) is 0 Å². The van der Waals surface area contributed by atoms with Crippen LogP contribution in [0.1, 0.15) is 27.0 Å². The van der Waals surface area contributed by atoms with Gasteiger partial charge in [-0.15, -0.1) is 11.3 Å². The third-order valence-corrected chi connectivity index (χ3v) is 3.09. The molecule has 0 aromatic carbocycles. The molecular formula is C10H15NOS. The lowest BCUT2D eigenvalue weighted by Gasteiger charge is -2.08. The topological polar surface area (TPSA) is 20.3 Å². The molecule has 0 bridgehead atoms. The first-order chi connectivity index (χ1) is 6.17. The number of hydrogen-bond acceptors (Lipinski definition) is 3. The highest BCUT2D eigenvalue weighted by Gasteiger charge is 2.07. The standard InChI is InChI=1S/C10H15NOS/c1-4-10-8(6-11(2)3)5-9(7-12)13-10/h5,7H,4,6H2,1-3H3. The van der Waals surface area contributed by atoms with E-state index < -0.39 is 0 Å². The van der Waals surface area contributed by atoms with Crippen LogP contribution in [0.15, 0.2) is 6.07 Å². The number of carbonyl (C=O) groups is 1. The van der Waals surface area contributed by atoms with Crippen LogP contribution in [0, 0.1) is 0 Å². The van der Waals surface area contributed by atoms with Crippen LogP contribution in [-0.2, 0) is 13.0 Å². The molecule has 0 saturated carbocycles. The normalized spacial score (nSPS) is 10.8. The zero-order valence-electron chi connectivity index (χ0n) is 8.33. The van der Waals surface area contributed by atoms with Gasteiger partial charge in [-0.25, -0.2) is 0 Å². The average molecular weight is 197 g/mol. The van der Waals surface area contributed by atoms with Crippen LogP contribution < -0.4 is 0 Å².